The average molecular weight is 444 g/mol. The quantitative estimate of drug-likeness (QED) is 0.475. The van der Waals surface area contributed by atoms with Crippen molar-refractivity contribution in [2.45, 2.75) is 43.5 Å². The Kier molecular flexibility index (Phi) is 5.85. The molecule has 0 unspecified atom stereocenters. The van der Waals surface area contributed by atoms with E-state index in [0.717, 1.165) is 49.0 Å². The highest BCUT2D eigenvalue weighted by atomic mass is 32.2. The fourth-order valence-corrected chi connectivity index (χ4v) is 5.48. The summed E-state index contributed by atoms with van der Waals surface area (Å²) in [6.45, 7) is 5.78. The lowest BCUT2D eigenvalue weighted by atomic mass is 9.94. The first-order chi connectivity index (χ1) is 14.9. The molecule has 1 aliphatic rings. The van der Waals surface area contributed by atoms with E-state index >= 15 is 0 Å². The molecule has 7 nitrogen and oxygen atoms in total. The maximum Gasteiger partial charge on any atom is 0.265 e. The van der Waals surface area contributed by atoms with E-state index in [4.69, 9.17) is 9.15 Å². The van der Waals surface area contributed by atoms with Crippen LogP contribution in [-0.2, 0) is 10.0 Å². The number of benzene rings is 2. The molecule has 0 saturated carbocycles. The lowest BCUT2D eigenvalue weighted by Crippen LogP contribution is -2.45. The number of aryl methyl sites for hydroxylation is 1. The Morgan fingerprint density at radius 3 is 2.77 bits per heavy atom. The molecular formula is C23H29N3O4S. The predicted octanol–water partition coefficient (Wildman–Crippen LogP) is 4.49. The van der Waals surface area contributed by atoms with Gasteiger partial charge in [-0.05, 0) is 68.6 Å². The maximum atomic E-state index is 13.1. The van der Waals surface area contributed by atoms with Gasteiger partial charge in [-0.1, -0.05) is 13.0 Å². The van der Waals surface area contributed by atoms with Crippen molar-refractivity contribution in [1.82, 2.24) is 5.32 Å². The number of hydrogen-bond donors (Lipinski definition) is 3. The number of ether oxygens (including phenoxy) is 1. The normalized spacial score (nSPS) is 18.9. The minimum Gasteiger partial charge on any atom is -0.495 e. The van der Waals surface area contributed by atoms with E-state index in [2.05, 4.69) is 22.3 Å². The number of fused-ring (bicyclic) bond motifs is 1. The van der Waals surface area contributed by atoms with Crippen LogP contribution in [-0.4, -0.2) is 34.2 Å². The van der Waals surface area contributed by atoms with Crippen LogP contribution in [0, 0.1) is 6.92 Å². The van der Waals surface area contributed by atoms with Crippen LogP contribution >= 0.6 is 0 Å². The summed E-state index contributed by atoms with van der Waals surface area (Å²) < 4.78 is 39.9. The van der Waals surface area contributed by atoms with Gasteiger partial charge < -0.3 is 19.8 Å². The van der Waals surface area contributed by atoms with Gasteiger partial charge in [0.2, 0.25) is 0 Å². The fourth-order valence-electron chi connectivity index (χ4n) is 4.19. The van der Waals surface area contributed by atoms with Crippen molar-refractivity contribution >= 4 is 32.4 Å². The van der Waals surface area contributed by atoms with Crippen LogP contribution < -0.4 is 20.1 Å². The maximum absolute atomic E-state index is 13.1. The SMILES string of the molecule is CC[C@]1(CNc2cc(NS(=O)(=O)c3cc(C)ccc3OC)cc3ccoc23)CCCN1. The number of sulfonamides is 1. The summed E-state index contributed by atoms with van der Waals surface area (Å²) in [6.07, 6.45) is 4.89. The third-order valence-electron chi connectivity index (χ3n) is 6.04. The van der Waals surface area contributed by atoms with Gasteiger partial charge in [0.1, 0.15) is 10.6 Å². The van der Waals surface area contributed by atoms with Crippen molar-refractivity contribution in [3.63, 3.8) is 0 Å². The predicted molar refractivity (Wildman–Crippen MR) is 124 cm³/mol. The summed E-state index contributed by atoms with van der Waals surface area (Å²) in [6, 6.07) is 10.5. The highest BCUT2D eigenvalue weighted by molar-refractivity contribution is 7.92. The zero-order valence-corrected chi connectivity index (χ0v) is 18.9. The van der Waals surface area contributed by atoms with Crippen molar-refractivity contribution in [1.29, 1.82) is 0 Å². The number of methoxy groups -OCH3 is 1. The van der Waals surface area contributed by atoms with Crippen molar-refractivity contribution in [3.8, 4) is 5.75 Å². The van der Waals surface area contributed by atoms with E-state index in [1.165, 1.54) is 7.11 Å². The van der Waals surface area contributed by atoms with Gasteiger partial charge >= 0.3 is 0 Å². The van der Waals surface area contributed by atoms with Crippen molar-refractivity contribution in [2.75, 3.05) is 30.2 Å². The van der Waals surface area contributed by atoms with Crippen LogP contribution in [0.15, 0.2) is 52.0 Å². The Hall–Kier alpha value is -2.71. The van der Waals surface area contributed by atoms with Crippen LogP contribution in [0.4, 0.5) is 11.4 Å². The summed E-state index contributed by atoms with van der Waals surface area (Å²) in [5.74, 6) is 0.304. The van der Waals surface area contributed by atoms with Crippen LogP contribution in [0.5, 0.6) is 5.75 Å². The molecule has 2 heterocycles. The first-order valence-electron chi connectivity index (χ1n) is 10.5. The molecule has 166 valence electrons. The molecule has 3 N–H and O–H groups in total. The lowest BCUT2D eigenvalue weighted by Gasteiger charge is -2.29. The van der Waals surface area contributed by atoms with Crippen molar-refractivity contribution in [3.05, 3.63) is 48.2 Å². The fraction of sp³-hybridized carbons (Fsp3) is 0.391. The smallest absolute Gasteiger partial charge is 0.265 e. The highest BCUT2D eigenvalue weighted by Crippen LogP contribution is 2.33. The Morgan fingerprint density at radius 1 is 1.23 bits per heavy atom. The second-order valence-electron chi connectivity index (χ2n) is 8.14. The molecule has 0 radical (unpaired) electrons. The van der Waals surface area contributed by atoms with Crippen molar-refractivity contribution in [2.24, 2.45) is 0 Å². The topological polar surface area (TPSA) is 92.6 Å². The molecule has 2 aromatic carbocycles. The van der Waals surface area contributed by atoms with E-state index in [1.807, 2.05) is 19.1 Å². The van der Waals surface area contributed by atoms with E-state index < -0.39 is 10.0 Å². The molecule has 1 aliphatic heterocycles. The van der Waals surface area contributed by atoms with Gasteiger partial charge in [0.25, 0.3) is 10.0 Å². The summed E-state index contributed by atoms with van der Waals surface area (Å²) in [7, 11) is -2.38. The molecule has 3 aromatic rings. The second kappa shape index (κ2) is 8.43. The molecule has 0 bridgehead atoms. The highest BCUT2D eigenvalue weighted by Gasteiger charge is 2.31. The van der Waals surface area contributed by atoms with Crippen LogP contribution in [0.3, 0.4) is 0 Å². The summed E-state index contributed by atoms with van der Waals surface area (Å²) in [4.78, 5) is 0.108. The van der Waals surface area contributed by atoms with Crippen LogP contribution in [0.1, 0.15) is 31.7 Å². The molecule has 0 amide bonds. The minimum absolute atomic E-state index is 0.0450. The molecule has 0 spiro atoms. The molecule has 1 saturated heterocycles. The zero-order valence-electron chi connectivity index (χ0n) is 18.1. The van der Waals surface area contributed by atoms with Gasteiger partial charge in [0, 0.05) is 17.5 Å². The van der Waals surface area contributed by atoms with Gasteiger partial charge in [-0.15, -0.1) is 0 Å². The van der Waals surface area contributed by atoms with Gasteiger partial charge in [0.15, 0.2) is 5.58 Å². The lowest BCUT2D eigenvalue weighted by molar-refractivity contribution is 0.383. The Balaban J connectivity index is 1.65. The molecule has 31 heavy (non-hydrogen) atoms. The number of rotatable bonds is 8. The summed E-state index contributed by atoms with van der Waals surface area (Å²) in [5.41, 5.74) is 2.81. The van der Waals surface area contributed by atoms with Gasteiger partial charge in [-0.25, -0.2) is 8.42 Å². The Labute approximate surface area is 183 Å². The van der Waals surface area contributed by atoms with Gasteiger partial charge in [-0.3, -0.25) is 4.72 Å². The number of hydrogen-bond acceptors (Lipinski definition) is 6. The molecule has 1 fully saturated rings. The van der Waals surface area contributed by atoms with E-state index in [9.17, 15) is 8.42 Å². The summed E-state index contributed by atoms with van der Waals surface area (Å²) in [5, 5.41) is 7.92. The molecule has 1 atom stereocenters. The van der Waals surface area contributed by atoms with E-state index in [1.54, 1.807) is 30.5 Å². The third-order valence-corrected chi connectivity index (χ3v) is 7.44. The zero-order chi connectivity index (χ0) is 22.1. The van der Waals surface area contributed by atoms with Crippen molar-refractivity contribution < 1.29 is 17.6 Å². The van der Waals surface area contributed by atoms with Crippen LogP contribution in [0.25, 0.3) is 11.0 Å². The number of anilines is 2. The minimum atomic E-state index is -3.84. The van der Waals surface area contributed by atoms with E-state index in [0.29, 0.717) is 17.0 Å². The molecule has 1 aromatic heterocycles. The largest absolute Gasteiger partial charge is 0.495 e. The molecule has 8 heteroatoms. The first-order valence-corrected chi connectivity index (χ1v) is 12.0. The van der Waals surface area contributed by atoms with E-state index in [-0.39, 0.29) is 10.4 Å². The first kappa shape index (κ1) is 21.5. The van der Waals surface area contributed by atoms with Gasteiger partial charge in [-0.2, -0.15) is 0 Å². The third kappa shape index (κ3) is 4.36. The molecular weight excluding hydrogens is 414 g/mol. The van der Waals surface area contributed by atoms with Crippen LogP contribution in [0.2, 0.25) is 0 Å². The Morgan fingerprint density at radius 2 is 2.06 bits per heavy atom. The number of furan rings is 1. The van der Waals surface area contributed by atoms with Gasteiger partial charge in [0.05, 0.1) is 24.7 Å². The standard InChI is InChI=1S/C23H29N3O4S/c1-4-23(9-5-10-25-23)15-24-19-14-18(13-17-8-11-30-22(17)19)26-31(27,28)21-12-16(2)6-7-20(21)29-3/h6-8,11-14,24-26H,4-5,9-10,15H2,1-3H3/t23-/m1/s1. The Bertz CT molecular complexity index is 1180. The average Bonchev–Trinajstić information content (AvgIpc) is 3.42. The molecule has 4 rings (SSSR count). The second-order valence-corrected chi connectivity index (χ2v) is 9.79. The monoisotopic (exact) mass is 443 g/mol. The molecule has 0 aliphatic carbocycles. The number of nitrogens with one attached hydrogen (secondary N) is 3. The summed E-state index contributed by atoms with van der Waals surface area (Å²) >= 11 is 0.